The molecule has 2 aromatic heterocycles. The molecule has 0 aliphatic rings. The summed E-state index contributed by atoms with van der Waals surface area (Å²) in [4.78, 5) is 43.9. The van der Waals surface area contributed by atoms with Gasteiger partial charge in [-0.2, -0.15) is 0 Å². The largest absolute Gasteiger partial charge is 0.386 e. The van der Waals surface area contributed by atoms with Gasteiger partial charge in [0.05, 0.1) is 11.4 Å². The zero-order chi connectivity index (χ0) is 30.0. The second kappa shape index (κ2) is 18.5. The number of allylic oxidation sites excluding steroid dienone is 4. The first kappa shape index (κ1) is 33.4. The van der Waals surface area contributed by atoms with Gasteiger partial charge in [-0.05, 0) is 114 Å². The number of pyridine rings is 2. The Balaban J connectivity index is 1.64. The third-order valence-electron chi connectivity index (χ3n) is 6.57. The van der Waals surface area contributed by atoms with E-state index < -0.39 is 0 Å². The number of nitrogens with one attached hydrogen (secondary N) is 3. The van der Waals surface area contributed by atoms with E-state index >= 15 is 0 Å². The fourth-order valence-electron chi connectivity index (χ4n) is 4.60. The van der Waals surface area contributed by atoms with Crippen LogP contribution in [0.3, 0.4) is 0 Å². The summed E-state index contributed by atoms with van der Waals surface area (Å²) >= 11 is 0. The van der Waals surface area contributed by atoms with Crippen molar-refractivity contribution in [3.63, 3.8) is 0 Å². The molecule has 8 nitrogen and oxygen atoms in total. The summed E-state index contributed by atoms with van der Waals surface area (Å²) in [5, 5.41) is 9.70. The predicted molar refractivity (Wildman–Crippen MR) is 165 cm³/mol. The molecular weight excluding hydrogens is 514 g/mol. The number of amides is 1. The van der Waals surface area contributed by atoms with E-state index in [1.165, 1.54) is 25.0 Å². The summed E-state index contributed by atoms with van der Waals surface area (Å²) in [6.07, 6.45) is 13.9. The summed E-state index contributed by atoms with van der Waals surface area (Å²) < 4.78 is 0. The van der Waals surface area contributed by atoms with E-state index in [9.17, 15) is 14.4 Å². The Morgan fingerprint density at radius 3 is 2.20 bits per heavy atom. The molecule has 3 N–H and O–H groups in total. The third-order valence-corrected chi connectivity index (χ3v) is 6.57. The van der Waals surface area contributed by atoms with E-state index in [1.807, 2.05) is 38.4 Å². The van der Waals surface area contributed by atoms with Crippen molar-refractivity contribution >= 4 is 17.5 Å². The van der Waals surface area contributed by atoms with Gasteiger partial charge < -0.3 is 16.0 Å². The van der Waals surface area contributed by atoms with Gasteiger partial charge in [0.1, 0.15) is 0 Å². The molecule has 2 rings (SSSR count). The Kier molecular flexibility index (Phi) is 15.1. The van der Waals surface area contributed by atoms with Crippen LogP contribution < -0.4 is 16.0 Å². The SMILES string of the molecule is CC(=O)/C=C(\C)NCC(CCCCC(=O)NCCCCCc1ccnc(-c2cc(C)ccn2)c1)N/C(C)=C/C(C)=O. The van der Waals surface area contributed by atoms with Gasteiger partial charge in [0.25, 0.3) is 0 Å². The molecule has 0 saturated carbocycles. The topological polar surface area (TPSA) is 113 Å². The maximum Gasteiger partial charge on any atom is 0.219 e. The lowest BCUT2D eigenvalue weighted by atomic mass is 10.1. The van der Waals surface area contributed by atoms with Crippen LogP contribution in [0.2, 0.25) is 0 Å². The van der Waals surface area contributed by atoms with E-state index in [4.69, 9.17) is 0 Å². The molecule has 1 amide bonds. The number of hydrogen-bond acceptors (Lipinski definition) is 7. The van der Waals surface area contributed by atoms with Crippen molar-refractivity contribution in [1.29, 1.82) is 0 Å². The summed E-state index contributed by atoms with van der Waals surface area (Å²) in [6.45, 7) is 10.1. The minimum absolute atomic E-state index is 0.00262. The molecule has 0 fully saturated rings. The standard InChI is InChI=1S/C33H47N5O3/c1-24-14-17-34-31(19-24)32-22-29(15-18-35-32)11-7-6-10-16-36-33(41)13-9-8-12-30(38-26(3)21-28(5)40)23-37-25(2)20-27(4)39/h14-15,17-22,30,37-38H,6-13,16,23H2,1-5H3,(H,36,41)/b25-20+,26-21+. The molecule has 2 aromatic rings. The van der Waals surface area contributed by atoms with Gasteiger partial charge in [-0.3, -0.25) is 24.4 Å². The molecule has 41 heavy (non-hydrogen) atoms. The van der Waals surface area contributed by atoms with Crippen LogP contribution in [0.5, 0.6) is 0 Å². The second-order valence-corrected chi connectivity index (χ2v) is 10.8. The van der Waals surface area contributed by atoms with E-state index in [0.29, 0.717) is 19.5 Å². The number of carbonyl (C=O) groups is 3. The molecule has 2 heterocycles. The number of carbonyl (C=O) groups excluding carboxylic acids is 3. The van der Waals surface area contributed by atoms with Crippen LogP contribution >= 0.6 is 0 Å². The number of ketones is 2. The monoisotopic (exact) mass is 561 g/mol. The van der Waals surface area contributed by atoms with Crippen molar-refractivity contribution in [3.8, 4) is 11.4 Å². The zero-order valence-corrected chi connectivity index (χ0v) is 25.4. The highest BCUT2D eigenvalue weighted by Gasteiger charge is 2.10. The Hall–Kier alpha value is -3.81. The van der Waals surface area contributed by atoms with Crippen LogP contribution in [-0.4, -0.2) is 46.6 Å². The van der Waals surface area contributed by atoms with Gasteiger partial charge in [-0.15, -0.1) is 0 Å². The fraction of sp³-hybridized carbons (Fsp3) is 0.485. The second-order valence-electron chi connectivity index (χ2n) is 10.8. The quantitative estimate of drug-likeness (QED) is 0.156. The fourth-order valence-corrected chi connectivity index (χ4v) is 4.60. The maximum atomic E-state index is 12.3. The van der Waals surface area contributed by atoms with Gasteiger partial charge in [0, 0.05) is 49.3 Å². The lowest BCUT2D eigenvalue weighted by molar-refractivity contribution is -0.121. The minimum atomic E-state index is -0.00628. The van der Waals surface area contributed by atoms with Crippen LogP contribution in [0, 0.1) is 6.92 Å². The molecule has 222 valence electrons. The Labute approximate surface area is 245 Å². The van der Waals surface area contributed by atoms with Gasteiger partial charge in [0.15, 0.2) is 11.6 Å². The van der Waals surface area contributed by atoms with E-state index in [-0.39, 0.29) is 23.5 Å². The number of unbranched alkanes of at least 4 members (excludes halogenated alkanes) is 3. The third kappa shape index (κ3) is 15.0. The Morgan fingerprint density at radius 1 is 0.805 bits per heavy atom. The molecule has 1 atom stereocenters. The highest BCUT2D eigenvalue weighted by atomic mass is 16.1. The van der Waals surface area contributed by atoms with Crippen molar-refractivity contribution < 1.29 is 14.4 Å². The smallest absolute Gasteiger partial charge is 0.219 e. The summed E-state index contributed by atoms with van der Waals surface area (Å²) in [7, 11) is 0. The van der Waals surface area contributed by atoms with Crippen molar-refractivity contribution in [2.45, 2.75) is 92.0 Å². The Morgan fingerprint density at radius 2 is 1.49 bits per heavy atom. The maximum absolute atomic E-state index is 12.3. The molecule has 0 aliphatic carbocycles. The molecule has 0 saturated heterocycles. The lowest BCUT2D eigenvalue weighted by Crippen LogP contribution is -2.37. The Bertz CT molecular complexity index is 1200. The van der Waals surface area contributed by atoms with Gasteiger partial charge >= 0.3 is 0 Å². The van der Waals surface area contributed by atoms with E-state index in [1.54, 1.807) is 12.2 Å². The number of aromatic nitrogens is 2. The molecule has 1 unspecified atom stereocenters. The van der Waals surface area contributed by atoms with Crippen LogP contribution in [0.25, 0.3) is 11.4 Å². The highest BCUT2D eigenvalue weighted by Crippen LogP contribution is 2.17. The van der Waals surface area contributed by atoms with Crippen molar-refractivity contribution in [1.82, 2.24) is 25.9 Å². The average Bonchev–Trinajstić information content (AvgIpc) is 2.91. The molecular formula is C33H47N5O3. The highest BCUT2D eigenvalue weighted by molar-refractivity contribution is 5.88. The minimum Gasteiger partial charge on any atom is -0.386 e. The van der Waals surface area contributed by atoms with Crippen LogP contribution in [0.4, 0.5) is 0 Å². The van der Waals surface area contributed by atoms with E-state index in [2.05, 4.69) is 45.0 Å². The lowest BCUT2D eigenvalue weighted by Gasteiger charge is -2.21. The molecule has 8 heteroatoms. The number of nitrogens with zero attached hydrogens (tertiary/aromatic N) is 2. The average molecular weight is 562 g/mol. The van der Waals surface area contributed by atoms with Gasteiger partial charge in [-0.25, -0.2) is 0 Å². The number of hydrogen-bond donors (Lipinski definition) is 3. The van der Waals surface area contributed by atoms with Crippen LogP contribution in [-0.2, 0) is 20.8 Å². The molecule has 0 spiro atoms. The first-order chi connectivity index (χ1) is 19.6. The van der Waals surface area contributed by atoms with Crippen LogP contribution in [0.15, 0.2) is 60.2 Å². The van der Waals surface area contributed by atoms with Crippen molar-refractivity contribution in [3.05, 3.63) is 71.3 Å². The molecule has 0 aliphatic heterocycles. The van der Waals surface area contributed by atoms with Crippen molar-refractivity contribution in [2.75, 3.05) is 13.1 Å². The number of aryl methyl sites for hydroxylation is 2. The first-order valence-electron chi connectivity index (χ1n) is 14.6. The predicted octanol–water partition coefficient (Wildman–Crippen LogP) is 5.37. The summed E-state index contributed by atoms with van der Waals surface area (Å²) in [6, 6.07) is 8.28. The normalized spacial score (nSPS) is 12.5. The first-order valence-corrected chi connectivity index (χ1v) is 14.6. The van der Waals surface area contributed by atoms with Crippen molar-refractivity contribution in [2.24, 2.45) is 0 Å². The summed E-state index contributed by atoms with van der Waals surface area (Å²) in [5.74, 6) is 0.0790. The molecule has 0 bridgehead atoms. The summed E-state index contributed by atoms with van der Waals surface area (Å²) in [5.41, 5.74) is 5.84. The van der Waals surface area contributed by atoms with Crippen LogP contribution in [0.1, 0.15) is 83.8 Å². The molecule has 0 aromatic carbocycles. The molecule has 0 radical (unpaired) electrons. The van der Waals surface area contributed by atoms with Gasteiger partial charge in [-0.1, -0.05) is 12.8 Å². The zero-order valence-electron chi connectivity index (χ0n) is 25.4. The van der Waals surface area contributed by atoms with E-state index in [0.717, 1.165) is 67.7 Å². The van der Waals surface area contributed by atoms with Gasteiger partial charge in [0.2, 0.25) is 5.91 Å². The number of rotatable bonds is 19.